The van der Waals surface area contributed by atoms with Gasteiger partial charge in [0.1, 0.15) is 0 Å². The summed E-state index contributed by atoms with van der Waals surface area (Å²) < 4.78 is 0. The molecule has 4 nitrogen and oxygen atoms in total. The van der Waals surface area contributed by atoms with E-state index in [4.69, 9.17) is 0 Å². The average molecular weight is 224 g/mol. The molecule has 1 aliphatic carbocycles. The maximum atomic E-state index is 11.9. The highest BCUT2D eigenvalue weighted by Crippen LogP contribution is 2.34. The molecule has 2 fully saturated rings. The number of amides is 2. The molecule has 1 saturated heterocycles. The van der Waals surface area contributed by atoms with Crippen LogP contribution in [0.2, 0.25) is 0 Å². The van der Waals surface area contributed by atoms with Crippen LogP contribution in [0.5, 0.6) is 0 Å². The molecule has 4 heteroatoms. The van der Waals surface area contributed by atoms with Gasteiger partial charge >= 0.3 is 0 Å². The Bertz CT molecular complexity index is 303. The third kappa shape index (κ3) is 2.12. The van der Waals surface area contributed by atoms with Gasteiger partial charge in [-0.05, 0) is 18.8 Å². The first-order chi connectivity index (χ1) is 7.67. The van der Waals surface area contributed by atoms with Gasteiger partial charge in [-0.1, -0.05) is 20.3 Å². The zero-order valence-corrected chi connectivity index (χ0v) is 10.0. The Balaban J connectivity index is 1.88. The van der Waals surface area contributed by atoms with Gasteiger partial charge in [0.2, 0.25) is 11.8 Å². The van der Waals surface area contributed by atoms with Gasteiger partial charge in [-0.25, -0.2) is 0 Å². The summed E-state index contributed by atoms with van der Waals surface area (Å²) in [6.45, 7) is 4.71. The molecule has 1 saturated carbocycles. The largest absolute Gasteiger partial charge is 0.302 e. The normalized spacial score (nSPS) is 33.6. The maximum Gasteiger partial charge on any atom is 0.246 e. The molecule has 0 bridgehead atoms. The zero-order chi connectivity index (χ0) is 11.7. The zero-order valence-electron chi connectivity index (χ0n) is 10.0. The van der Waals surface area contributed by atoms with Crippen molar-refractivity contribution in [2.24, 2.45) is 5.92 Å². The number of carbonyl (C=O) groups excluding carboxylic acids is 2. The van der Waals surface area contributed by atoms with E-state index in [0.717, 1.165) is 19.3 Å². The molecule has 3 atom stereocenters. The molecule has 0 aromatic carbocycles. The van der Waals surface area contributed by atoms with Crippen LogP contribution in [-0.2, 0) is 9.59 Å². The molecular formula is C12H20N2O2. The second-order valence-corrected chi connectivity index (χ2v) is 4.82. The van der Waals surface area contributed by atoms with Gasteiger partial charge in [-0.2, -0.15) is 0 Å². The Kier molecular flexibility index (Phi) is 3.28. The standard InChI is InChI=1S/C12H20N2O2/c1-3-5-14-11(15)7-10(12(14)16)13-9-6-8(9)4-2/h8-10,13H,3-7H2,1-2H3. The fourth-order valence-electron chi connectivity index (χ4n) is 2.43. The second kappa shape index (κ2) is 4.53. The van der Waals surface area contributed by atoms with E-state index in [-0.39, 0.29) is 17.9 Å². The predicted molar refractivity (Wildman–Crippen MR) is 60.7 cm³/mol. The molecule has 0 aromatic heterocycles. The molecule has 1 N–H and O–H groups in total. The lowest BCUT2D eigenvalue weighted by Gasteiger charge is -2.14. The van der Waals surface area contributed by atoms with Crippen LogP contribution in [0.4, 0.5) is 0 Å². The highest BCUT2D eigenvalue weighted by molar-refractivity contribution is 6.05. The van der Waals surface area contributed by atoms with Crippen molar-refractivity contribution in [2.75, 3.05) is 6.54 Å². The van der Waals surface area contributed by atoms with Crippen molar-refractivity contribution in [1.82, 2.24) is 10.2 Å². The predicted octanol–water partition coefficient (Wildman–Crippen LogP) is 0.912. The van der Waals surface area contributed by atoms with E-state index >= 15 is 0 Å². The second-order valence-electron chi connectivity index (χ2n) is 4.82. The van der Waals surface area contributed by atoms with Crippen molar-refractivity contribution < 1.29 is 9.59 Å². The Morgan fingerprint density at radius 1 is 1.38 bits per heavy atom. The third-order valence-corrected chi connectivity index (χ3v) is 3.55. The van der Waals surface area contributed by atoms with Crippen molar-refractivity contribution in [3.63, 3.8) is 0 Å². The molecule has 1 aliphatic heterocycles. The maximum absolute atomic E-state index is 11.9. The van der Waals surface area contributed by atoms with E-state index in [1.807, 2.05) is 6.92 Å². The van der Waals surface area contributed by atoms with Crippen LogP contribution in [-0.4, -0.2) is 35.3 Å². The van der Waals surface area contributed by atoms with Gasteiger partial charge in [0.25, 0.3) is 0 Å². The van der Waals surface area contributed by atoms with E-state index in [1.165, 1.54) is 4.90 Å². The van der Waals surface area contributed by atoms with Gasteiger partial charge in [0.05, 0.1) is 12.5 Å². The van der Waals surface area contributed by atoms with Crippen LogP contribution in [0.15, 0.2) is 0 Å². The Labute approximate surface area is 96.4 Å². The lowest BCUT2D eigenvalue weighted by atomic mass is 10.2. The van der Waals surface area contributed by atoms with E-state index in [9.17, 15) is 9.59 Å². The van der Waals surface area contributed by atoms with E-state index < -0.39 is 0 Å². The summed E-state index contributed by atoms with van der Waals surface area (Å²) in [4.78, 5) is 24.9. The average Bonchev–Trinajstić information content (AvgIpc) is 2.96. The number of imide groups is 1. The van der Waals surface area contributed by atoms with Gasteiger partial charge in [0.15, 0.2) is 0 Å². The van der Waals surface area contributed by atoms with Crippen LogP contribution in [0.3, 0.4) is 0 Å². The molecule has 0 aromatic rings. The van der Waals surface area contributed by atoms with Crippen molar-refractivity contribution >= 4 is 11.8 Å². The summed E-state index contributed by atoms with van der Waals surface area (Å²) in [7, 11) is 0. The Hall–Kier alpha value is -0.900. The fraction of sp³-hybridized carbons (Fsp3) is 0.833. The number of hydrogen-bond acceptors (Lipinski definition) is 3. The highest BCUT2D eigenvalue weighted by atomic mass is 16.2. The summed E-state index contributed by atoms with van der Waals surface area (Å²) in [5.74, 6) is 0.676. The van der Waals surface area contributed by atoms with Gasteiger partial charge in [0, 0.05) is 12.6 Å². The lowest BCUT2D eigenvalue weighted by Crippen LogP contribution is -2.40. The number of carbonyl (C=O) groups is 2. The van der Waals surface area contributed by atoms with Gasteiger partial charge in [-0.3, -0.25) is 14.5 Å². The molecule has 1 heterocycles. The smallest absolute Gasteiger partial charge is 0.246 e. The van der Waals surface area contributed by atoms with Crippen LogP contribution < -0.4 is 5.32 Å². The molecule has 3 unspecified atom stereocenters. The highest BCUT2D eigenvalue weighted by Gasteiger charge is 2.43. The Morgan fingerprint density at radius 3 is 2.69 bits per heavy atom. The summed E-state index contributed by atoms with van der Waals surface area (Å²) >= 11 is 0. The first kappa shape index (κ1) is 11.6. The van der Waals surface area contributed by atoms with E-state index in [2.05, 4.69) is 12.2 Å². The molecular weight excluding hydrogens is 204 g/mol. The van der Waals surface area contributed by atoms with Crippen molar-refractivity contribution in [2.45, 2.75) is 51.6 Å². The van der Waals surface area contributed by atoms with Crippen molar-refractivity contribution in [3.05, 3.63) is 0 Å². The SMILES string of the molecule is CCCN1C(=O)CC(NC2CC2CC)C1=O. The summed E-state index contributed by atoms with van der Waals surface area (Å²) in [5.41, 5.74) is 0. The van der Waals surface area contributed by atoms with Crippen molar-refractivity contribution in [3.8, 4) is 0 Å². The Morgan fingerprint density at radius 2 is 2.12 bits per heavy atom. The van der Waals surface area contributed by atoms with Gasteiger partial charge < -0.3 is 5.32 Å². The number of likely N-dealkylation sites (tertiary alicyclic amines) is 1. The first-order valence-electron chi connectivity index (χ1n) is 6.27. The number of hydrogen-bond donors (Lipinski definition) is 1. The molecule has 16 heavy (non-hydrogen) atoms. The number of nitrogens with one attached hydrogen (secondary N) is 1. The molecule has 0 spiro atoms. The number of nitrogens with zero attached hydrogens (tertiary/aromatic N) is 1. The minimum Gasteiger partial charge on any atom is -0.302 e. The molecule has 90 valence electrons. The van der Waals surface area contributed by atoms with Crippen LogP contribution in [0.25, 0.3) is 0 Å². The van der Waals surface area contributed by atoms with E-state index in [0.29, 0.717) is 24.9 Å². The molecule has 0 radical (unpaired) electrons. The van der Waals surface area contributed by atoms with Gasteiger partial charge in [-0.15, -0.1) is 0 Å². The minimum atomic E-state index is -0.249. The monoisotopic (exact) mass is 224 g/mol. The van der Waals surface area contributed by atoms with Crippen LogP contribution in [0.1, 0.15) is 39.5 Å². The fourth-order valence-corrected chi connectivity index (χ4v) is 2.43. The summed E-state index contributed by atoms with van der Waals surface area (Å²) in [5, 5.41) is 3.31. The topological polar surface area (TPSA) is 49.4 Å². The molecule has 2 amide bonds. The number of rotatable bonds is 5. The minimum absolute atomic E-state index is 0.0157. The third-order valence-electron chi connectivity index (χ3n) is 3.55. The summed E-state index contributed by atoms with van der Waals surface area (Å²) in [6, 6.07) is 0.217. The summed E-state index contributed by atoms with van der Waals surface area (Å²) in [6.07, 6.45) is 3.50. The lowest BCUT2D eigenvalue weighted by molar-refractivity contribution is -0.138. The molecule has 2 rings (SSSR count). The quantitative estimate of drug-likeness (QED) is 0.706. The molecule has 2 aliphatic rings. The van der Waals surface area contributed by atoms with Crippen molar-refractivity contribution in [1.29, 1.82) is 0 Å². The first-order valence-corrected chi connectivity index (χ1v) is 6.27. The van der Waals surface area contributed by atoms with Crippen LogP contribution >= 0.6 is 0 Å². The van der Waals surface area contributed by atoms with Crippen LogP contribution in [0, 0.1) is 5.92 Å². The van der Waals surface area contributed by atoms with E-state index in [1.54, 1.807) is 0 Å².